The van der Waals surface area contributed by atoms with Crippen molar-refractivity contribution in [2.75, 3.05) is 6.54 Å². The number of sulfonamides is 1. The van der Waals surface area contributed by atoms with Crippen LogP contribution >= 0.6 is 11.6 Å². The molecule has 0 radical (unpaired) electrons. The maximum atomic E-state index is 13.4. The lowest BCUT2D eigenvalue weighted by molar-refractivity contribution is -0.141. The number of carbonyl (C=O) groups excluding carboxylic acids is 3. The molecule has 1 aliphatic heterocycles. The van der Waals surface area contributed by atoms with E-state index in [1.165, 1.54) is 23.1 Å². The Morgan fingerprint density at radius 1 is 1.09 bits per heavy atom. The van der Waals surface area contributed by atoms with Gasteiger partial charge in [0, 0.05) is 17.6 Å². The van der Waals surface area contributed by atoms with Gasteiger partial charge in [-0.05, 0) is 50.1 Å². The van der Waals surface area contributed by atoms with Crippen molar-refractivity contribution in [2.45, 2.75) is 50.7 Å². The number of nitrogens with zero attached hydrogens (tertiary/aromatic N) is 2. The van der Waals surface area contributed by atoms with Crippen molar-refractivity contribution in [3.63, 3.8) is 0 Å². The van der Waals surface area contributed by atoms with Gasteiger partial charge in [-0.2, -0.15) is 0 Å². The van der Waals surface area contributed by atoms with Crippen LogP contribution in [0.15, 0.2) is 53.4 Å². The number of carbonyl (C=O) groups is 3. The number of hydrogen-bond donors (Lipinski definition) is 1. The zero-order chi connectivity index (χ0) is 24.3. The van der Waals surface area contributed by atoms with Crippen LogP contribution in [0.3, 0.4) is 0 Å². The van der Waals surface area contributed by atoms with Gasteiger partial charge in [0.2, 0.25) is 11.8 Å². The average Bonchev–Trinajstić information content (AvgIpc) is 2.95. The van der Waals surface area contributed by atoms with E-state index in [1.807, 2.05) is 13.8 Å². The van der Waals surface area contributed by atoms with E-state index in [4.69, 9.17) is 11.6 Å². The van der Waals surface area contributed by atoms with E-state index in [1.54, 1.807) is 37.3 Å². The molecule has 33 heavy (non-hydrogen) atoms. The van der Waals surface area contributed by atoms with E-state index >= 15 is 0 Å². The van der Waals surface area contributed by atoms with Gasteiger partial charge in [0.25, 0.3) is 15.9 Å². The molecular weight excluding hydrogens is 466 g/mol. The van der Waals surface area contributed by atoms with E-state index in [0.29, 0.717) is 21.3 Å². The summed E-state index contributed by atoms with van der Waals surface area (Å²) in [5, 5.41) is 3.33. The van der Waals surface area contributed by atoms with Gasteiger partial charge in [0.05, 0.1) is 5.56 Å². The minimum atomic E-state index is -4.16. The maximum absolute atomic E-state index is 13.4. The lowest BCUT2D eigenvalue weighted by Gasteiger charge is -2.32. The van der Waals surface area contributed by atoms with Crippen LogP contribution in [0.25, 0.3) is 0 Å². The summed E-state index contributed by atoms with van der Waals surface area (Å²) in [6.07, 6.45) is 0.304. The van der Waals surface area contributed by atoms with Crippen LogP contribution in [0.2, 0.25) is 5.02 Å². The van der Waals surface area contributed by atoms with Gasteiger partial charge in [-0.3, -0.25) is 14.4 Å². The van der Waals surface area contributed by atoms with Crippen LogP contribution in [0.5, 0.6) is 0 Å². The van der Waals surface area contributed by atoms with Crippen LogP contribution in [-0.2, 0) is 26.2 Å². The fraction of sp³-hybridized carbons (Fsp3) is 0.348. The minimum Gasteiger partial charge on any atom is -0.352 e. The smallest absolute Gasteiger partial charge is 0.269 e. The Morgan fingerprint density at radius 3 is 2.30 bits per heavy atom. The lowest BCUT2D eigenvalue weighted by atomic mass is 10.1. The predicted molar refractivity (Wildman–Crippen MR) is 124 cm³/mol. The maximum Gasteiger partial charge on any atom is 0.269 e. The summed E-state index contributed by atoms with van der Waals surface area (Å²) in [5.74, 6) is -1.76. The highest BCUT2D eigenvalue weighted by Gasteiger charge is 2.43. The molecule has 1 N–H and O–H groups in total. The van der Waals surface area contributed by atoms with E-state index in [0.717, 1.165) is 0 Å². The van der Waals surface area contributed by atoms with Crippen molar-refractivity contribution in [3.8, 4) is 0 Å². The summed E-state index contributed by atoms with van der Waals surface area (Å²) in [4.78, 5) is 40.2. The Morgan fingerprint density at radius 2 is 1.73 bits per heavy atom. The third-order valence-electron chi connectivity index (χ3n) is 5.27. The fourth-order valence-corrected chi connectivity index (χ4v) is 5.33. The van der Waals surface area contributed by atoms with Gasteiger partial charge in [0.15, 0.2) is 0 Å². The van der Waals surface area contributed by atoms with Crippen molar-refractivity contribution in [1.29, 1.82) is 0 Å². The molecule has 0 saturated heterocycles. The molecule has 10 heteroatoms. The van der Waals surface area contributed by atoms with Crippen LogP contribution in [0, 0.1) is 0 Å². The Hall–Kier alpha value is -2.91. The van der Waals surface area contributed by atoms with Gasteiger partial charge >= 0.3 is 0 Å². The zero-order valence-corrected chi connectivity index (χ0v) is 20.2. The zero-order valence-electron chi connectivity index (χ0n) is 18.6. The lowest BCUT2D eigenvalue weighted by Crippen LogP contribution is -2.53. The Balaban J connectivity index is 1.92. The molecular formula is C23H26ClN3O5S. The van der Waals surface area contributed by atoms with Crippen LogP contribution in [0.1, 0.15) is 43.1 Å². The summed E-state index contributed by atoms with van der Waals surface area (Å²) >= 11 is 5.96. The molecule has 2 aromatic carbocycles. The van der Waals surface area contributed by atoms with Gasteiger partial charge < -0.3 is 10.2 Å². The molecule has 2 aromatic rings. The van der Waals surface area contributed by atoms with Crippen LogP contribution < -0.4 is 5.32 Å². The molecule has 0 aliphatic carbocycles. The molecule has 3 rings (SSSR count). The predicted octanol–water partition coefficient (Wildman–Crippen LogP) is 2.82. The van der Waals surface area contributed by atoms with Crippen molar-refractivity contribution in [2.24, 2.45) is 0 Å². The first-order valence-corrected chi connectivity index (χ1v) is 12.4. The second kappa shape index (κ2) is 9.93. The van der Waals surface area contributed by atoms with Crippen molar-refractivity contribution in [3.05, 3.63) is 64.7 Å². The first kappa shape index (κ1) is 24.7. The van der Waals surface area contributed by atoms with Gasteiger partial charge in [-0.1, -0.05) is 42.8 Å². The molecule has 0 fully saturated rings. The highest BCUT2D eigenvalue weighted by atomic mass is 35.5. The second-order valence-corrected chi connectivity index (χ2v) is 10.3. The van der Waals surface area contributed by atoms with E-state index in [2.05, 4.69) is 5.32 Å². The summed E-state index contributed by atoms with van der Waals surface area (Å²) < 4.78 is 26.4. The number of fused-ring (bicyclic) bond motifs is 1. The average molecular weight is 492 g/mol. The number of halogens is 1. The van der Waals surface area contributed by atoms with Crippen LogP contribution in [0.4, 0.5) is 0 Å². The van der Waals surface area contributed by atoms with E-state index < -0.39 is 34.4 Å². The number of nitrogens with one attached hydrogen (secondary N) is 1. The molecule has 8 nitrogen and oxygen atoms in total. The SMILES string of the molecule is CC[C@H](C(=O)NC(C)C)N(Cc1ccc(Cl)cc1)C(=O)CN1C(=O)c2ccccc2S1(=O)=O. The molecule has 0 aromatic heterocycles. The van der Waals surface area contributed by atoms with Crippen molar-refractivity contribution in [1.82, 2.24) is 14.5 Å². The molecule has 1 aliphatic rings. The number of rotatable bonds is 8. The van der Waals surface area contributed by atoms with Gasteiger partial charge in [0.1, 0.15) is 17.5 Å². The first-order chi connectivity index (χ1) is 15.6. The molecule has 0 spiro atoms. The van der Waals surface area contributed by atoms with E-state index in [9.17, 15) is 22.8 Å². The van der Waals surface area contributed by atoms with Crippen LogP contribution in [-0.4, -0.2) is 54.0 Å². The third kappa shape index (κ3) is 5.20. The summed E-state index contributed by atoms with van der Waals surface area (Å²) in [6.45, 7) is 4.73. The monoisotopic (exact) mass is 491 g/mol. The Labute approximate surface area is 198 Å². The number of benzene rings is 2. The van der Waals surface area contributed by atoms with Gasteiger partial charge in [-0.15, -0.1) is 0 Å². The van der Waals surface area contributed by atoms with E-state index in [-0.39, 0.29) is 29.0 Å². The van der Waals surface area contributed by atoms with Gasteiger partial charge in [-0.25, -0.2) is 12.7 Å². The molecule has 0 bridgehead atoms. The summed E-state index contributed by atoms with van der Waals surface area (Å²) in [5.41, 5.74) is 0.738. The molecule has 176 valence electrons. The summed E-state index contributed by atoms with van der Waals surface area (Å²) in [6, 6.07) is 11.6. The molecule has 0 unspecified atom stereocenters. The summed E-state index contributed by atoms with van der Waals surface area (Å²) in [7, 11) is -4.16. The first-order valence-electron chi connectivity index (χ1n) is 10.6. The van der Waals surface area contributed by atoms with Crippen molar-refractivity contribution < 1.29 is 22.8 Å². The molecule has 1 atom stereocenters. The third-order valence-corrected chi connectivity index (χ3v) is 7.31. The number of amides is 3. The number of hydrogen-bond acceptors (Lipinski definition) is 5. The highest BCUT2D eigenvalue weighted by Crippen LogP contribution is 2.30. The minimum absolute atomic E-state index is 0.0270. The standard InChI is InChI=1S/C23H26ClN3O5S/c1-4-19(22(29)25-15(2)3)26(13-16-9-11-17(24)12-10-16)21(28)14-27-23(30)18-7-5-6-8-20(18)33(27,31)32/h5-12,15,19H,4,13-14H2,1-3H3,(H,25,29)/t19-/m1/s1. The largest absolute Gasteiger partial charge is 0.352 e. The Bertz CT molecular complexity index is 1160. The van der Waals surface area contributed by atoms with Crippen molar-refractivity contribution >= 4 is 39.3 Å². The Kier molecular flexibility index (Phi) is 7.44. The molecule has 1 heterocycles. The topological polar surface area (TPSA) is 104 Å². The fourth-order valence-electron chi connectivity index (χ4n) is 3.69. The second-order valence-electron chi connectivity index (χ2n) is 8.05. The highest BCUT2D eigenvalue weighted by molar-refractivity contribution is 7.90. The normalized spacial score (nSPS) is 15.3. The molecule has 0 saturated carbocycles. The quantitative estimate of drug-likeness (QED) is 0.611. The molecule has 3 amide bonds.